The Kier molecular flexibility index (Phi) is 5.01. The first-order valence-corrected chi connectivity index (χ1v) is 10.0. The smallest absolute Gasteiger partial charge is 0.265 e. The van der Waals surface area contributed by atoms with Gasteiger partial charge in [-0.3, -0.25) is 9.52 Å². The Bertz CT molecular complexity index is 911. The zero-order valence-corrected chi connectivity index (χ0v) is 15.9. The molecule has 0 spiro atoms. The predicted molar refractivity (Wildman–Crippen MR) is 99.5 cm³/mol. The molecule has 1 aliphatic rings. The maximum absolute atomic E-state index is 12.8. The van der Waals surface area contributed by atoms with Gasteiger partial charge in [-0.1, -0.05) is 35.0 Å². The summed E-state index contributed by atoms with van der Waals surface area (Å²) in [4.78, 5) is 11.7. The lowest BCUT2D eigenvalue weighted by molar-refractivity contribution is -0.116. The number of benzene rings is 2. The van der Waals surface area contributed by atoms with Gasteiger partial charge in [0.2, 0.25) is 5.91 Å². The highest BCUT2D eigenvalue weighted by Gasteiger charge is 2.26. The number of ether oxygens (including phenoxy) is 1. The van der Waals surface area contributed by atoms with E-state index in [4.69, 9.17) is 4.74 Å². The van der Waals surface area contributed by atoms with Crippen LogP contribution in [-0.4, -0.2) is 20.9 Å². The van der Waals surface area contributed by atoms with Crippen LogP contribution >= 0.6 is 15.9 Å². The van der Waals surface area contributed by atoms with Gasteiger partial charge in [-0.05, 0) is 36.2 Å². The first-order valence-electron chi connectivity index (χ1n) is 7.77. The summed E-state index contributed by atoms with van der Waals surface area (Å²) in [6.45, 7) is 2.15. The molecule has 0 bridgehead atoms. The van der Waals surface area contributed by atoms with Gasteiger partial charge in [0.1, 0.15) is 4.90 Å². The number of halogens is 1. The molecule has 0 radical (unpaired) electrons. The van der Waals surface area contributed by atoms with Crippen molar-refractivity contribution in [2.45, 2.75) is 24.7 Å². The number of fused-ring (bicyclic) bond motifs is 1. The van der Waals surface area contributed by atoms with E-state index in [1.165, 1.54) is 6.07 Å². The molecule has 2 aromatic rings. The summed E-state index contributed by atoms with van der Waals surface area (Å²) in [5, 5.41) is 2.67. The third-order valence-electron chi connectivity index (χ3n) is 3.77. The summed E-state index contributed by atoms with van der Waals surface area (Å²) in [5.74, 6) is -0.0740. The van der Waals surface area contributed by atoms with Crippen molar-refractivity contribution < 1.29 is 17.9 Å². The Morgan fingerprint density at radius 1 is 1.24 bits per heavy atom. The quantitative estimate of drug-likeness (QED) is 0.785. The van der Waals surface area contributed by atoms with Crippen molar-refractivity contribution in [2.75, 3.05) is 16.6 Å². The SMILES string of the molecule is CCc1ccc(NS(=O)(=O)c2cc(Br)cc3c2OCCC(=O)N3)cc1. The van der Waals surface area contributed by atoms with E-state index in [2.05, 4.69) is 26.0 Å². The minimum Gasteiger partial charge on any atom is -0.489 e. The third kappa shape index (κ3) is 3.96. The molecule has 132 valence electrons. The number of sulfonamides is 1. The molecule has 0 atom stereocenters. The van der Waals surface area contributed by atoms with Gasteiger partial charge in [0.15, 0.2) is 5.75 Å². The number of amides is 1. The van der Waals surface area contributed by atoms with Gasteiger partial charge in [-0.15, -0.1) is 0 Å². The lowest BCUT2D eigenvalue weighted by Gasteiger charge is -2.15. The van der Waals surface area contributed by atoms with Crippen LogP contribution in [0.4, 0.5) is 11.4 Å². The number of nitrogens with one attached hydrogen (secondary N) is 2. The molecule has 0 saturated heterocycles. The van der Waals surface area contributed by atoms with E-state index >= 15 is 0 Å². The van der Waals surface area contributed by atoms with E-state index in [9.17, 15) is 13.2 Å². The normalized spacial score (nSPS) is 14.1. The molecule has 6 nitrogen and oxygen atoms in total. The van der Waals surface area contributed by atoms with Crippen LogP contribution in [0.2, 0.25) is 0 Å². The summed E-state index contributed by atoms with van der Waals surface area (Å²) >= 11 is 3.28. The van der Waals surface area contributed by atoms with Crippen molar-refractivity contribution >= 4 is 43.2 Å². The van der Waals surface area contributed by atoms with Crippen LogP contribution in [0.5, 0.6) is 5.75 Å². The molecule has 0 fully saturated rings. The van der Waals surface area contributed by atoms with Crippen molar-refractivity contribution in [3.63, 3.8) is 0 Å². The molecule has 1 heterocycles. The topological polar surface area (TPSA) is 84.5 Å². The van der Waals surface area contributed by atoms with Crippen LogP contribution in [0.15, 0.2) is 45.8 Å². The van der Waals surface area contributed by atoms with E-state index < -0.39 is 10.0 Å². The molecule has 3 rings (SSSR count). The lowest BCUT2D eigenvalue weighted by atomic mass is 10.2. The maximum atomic E-state index is 12.8. The number of anilines is 2. The van der Waals surface area contributed by atoms with Gasteiger partial charge >= 0.3 is 0 Å². The predicted octanol–water partition coefficient (Wildman–Crippen LogP) is 3.53. The number of rotatable bonds is 4. The first kappa shape index (κ1) is 17.8. The zero-order valence-electron chi connectivity index (χ0n) is 13.5. The number of hydrogen-bond donors (Lipinski definition) is 2. The Balaban J connectivity index is 2.00. The fourth-order valence-electron chi connectivity index (χ4n) is 2.49. The van der Waals surface area contributed by atoms with Crippen molar-refractivity contribution in [1.29, 1.82) is 0 Å². The highest BCUT2D eigenvalue weighted by Crippen LogP contribution is 2.38. The Labute approximate surface area is 154 Å². The molecule has 25 heavy (non-hydrogen) atoms. The minimum absolute atomic E-state index is 0.0290. The number of hydrogen-bond acceptors (Lipinski definition) is 4. The van der Waals surface area contributed by atoms with E-state index in [1.807, 2.05) is 19.1 Å². The van der Waals surface area contributed by atoms with Crippen LogP contribution in [0.3, 0.4) is 0 Å². The summed E-state index contributed by atoms with van der Waals surface area (Å²) < 4.78 is 34.3. The van der Waals surface area contributed by atoms with E-state index in [0.717, 1.165) is 12.0 Å². The Hall–Kier alpha value is -2.06. The molecular weight excluding hydrogens is 408 g/mol. The summed E-state index contributed by atoms with van der Waals surface area (Å²) in [6.07, 6.45) is 1.04. The van der Waals surface area contributed by atoms with Crippen molar-refractivity contribution in [2.24, 2.45) is 0 Å². The molecule has 1 amide bonds. The average molecular weight is 425 g/mol. The van der Waals surface area contributed by atoms with E-state index in [1.54, 1.807) is 18.2 Å². The van der Waals surface area contributed by atoms with Gasteiger partial charge in [0.25, 0.3) is 10.0 Å². The summed E-state index contributed by atoms with van der Waals surface area (Å²) in [6, 6.07) is 10.3. The second-order valence-electron chi connectivity index (χ2n) is 5.58. The van der Waals surface area contributed by atoms with Gasteiger partial charge < -0.3 is 10.1 Å². The average Bonchev–Trinajstić information content (AvgIpc) is 2.74. The highest BCUT2D eigenvalue weighted by molar-refractivity contribution is 9.10. The monoisotopic (exact) mass is 424 g/mol. The lowest BCUT2D eigenvalue weighted by Crippen LogP contribution is -2.15. The minimum atomic E-state index is -3.89. The van der Waals surface area contributed by atoms with Crippen LogP contribution in [0.1, 0.15) is 18.9 Å². The van der Waals surface area contributed by atoms with Gasteiger partial charge in [0.05, 0.1) is 18.7 Å². The zero-order chi connectivity index (χ0) is 18.0. The van der Waals surface area contributed by atoms with E-state index in [-0.39, 0.29) is 29.6 Å². The summed E-state index contributed by atoms with van der Waals surface area (Å²) in [7, 11) is -3.89. The molecule has 2 N–H and O–H groups in total. The molecule has 0 aromatic heterocycles. The molecule has 0 saturated carbocycles. The Morgan fingerprint density at radius 2 is 1.96 bits per heavy atom. The molecule has 8 heteroatoms. The fourth-order valence-corrected chi connectivity index (χ4v) is 4.35. The third-order valence-corrected chi connectivity index (χ3v) is 5.62. The largest absolute Gasteiger partial charge is 0.489 e. The standard InChI is InChI=1S/C17H17BrN2O4S/c1-2-11-3-5-13(6-4-11)20-25(22,23)15-10-12(18)9-14-17(15)24-8-7-16(21)19-14/h3-6,9-10,20H,2,7-8H2,1H3,(H,19,21). The molecule has 0 unspecified atom stereocenters. The molecule has 2 aromatic carbocycles. The van der Waals surface area contributed by atoms with Gasteiger partial charge in [-0.2, -0.15) is 0 Å². The van der Waals surface area contributed by atoms with Gasteiger partial charge in [0, 0.05) is 10.2 Å². The first-order chi connectivity index (χ1) is 11.9. The number of aryl methyl sites for hydroxylation is 1. The maximum Gasteiger partial charge on any atom is 0.265 e. The number of carbonyl (C=O) groups excluding carboxylic acids is 1. The van der Waals surface area contributed by atoms with E-state index in [0.29, 0.717) is 15.8 Å². The highest BCUT2D eigenvalue weighted by atomic mass is 79.9. The Morgan fingerprint density at radius 3 is 2.64 bits per heavy atom. The number of carbonyl (C=O) groups is 1. The van der Waals surface area contributed by atoms with Crippen molar-refractivity contribution in [1.82, 2.24) is 0 Å². The van der Waals surface area contributed by atoms with Crippen LogP contribution in [0.25, 0.3) is 0 Å². The fraction of sp³-hybridized carbons (Fsp3) is 0.235. The van der Waals surface area contributed by atoms with Crippen LogP contribution < -0.4 is 14.8 Å². The second kappa shape index (κ2) is 7.05. The molecular formula is C17H17BrN2O4S. The van der Waals surface area contributed by atoms with Crippen molar-refractivity contribution in [3.8, 4) is 5.75 Å². The molecule has 1 aliphatic heterocycles. The van der Waals surface area contributed by atoms with Crippen LogP contribution in [-0.2, 0) is 21.2 Å². The van der Waals surface area contributed by atoms with Crippen LogP contribution in [0, 0.1) is 0 Å². The van der Waals surface area contributed by atoms with Gasteiger partial charge in [-0.25, -0.2) is 8.42 Å². The summed E-state index contributed by atoms with van der Waals surface area (Å²) in [5.41, 5.74) is 1.91. The molecule has 0 aliphatic carbocycles. The van der Waals surface area contributed by atoms with Crippen molar-refractivity contribution in [3.05, 3.63) is 46.4 Å². The second-order valence-corrected chi connectivity index (χ2v) is 8.15.